The first-order valence-corrected chi connectivity index (χ1v) is 8.55. The zero-order chi connectivity index (χ0) is 16.3. The van der Waals surface area contributed by atoms with E-state index in [2.05, 4.69) is 26.2 Å². The first-order valence-electron chi connectivity index (χ1n) is 6.94. The zero-order valence-electron chi connectivity index (χ0n) is 12.3. The number of thiazole rings is 1. The normalized spacial score (nSPS) is 12.5. The van der Waals surface area contributed by atoms with Crippen molar-refractivity contribution in [1.82, 2.24) is 10.3 Å². The maximum Gasteiger partial charge on any atom is 0.326 e. The first-order chi connectivity index (χ1) is 10.4. The maximum atomic E-state index is 11.9. The quantitative estimate of drug-likeness (QED) is 0.800. The summed E-state index contributed by atoms with van der Waals surface area (Å²) in [6, 6.07) is 5.03. The number of carbonyl (C=O) groups is 2. The fourth-order valence-corrected chi connectivity index (χ4v) is 3.33. The maximum absolute atomic E-state index is 11.9. The minimum atomic E-state index is -1.01. The number of carboxylic acids is 1. The Morgan fingerprint density at radius 2 is 2.14 bits per heavy atom. The van der Waals surface area contributed by atoms with Crippen LogP contribution in [0.25, 0.3) is 10.2 Å². The van der Waals surface area contributed by atoms with Crippen molar-refractivity contribution in [2.75, 3.05) is 0 Å². The fourth-order valence-electron chi connectivity index (χ4n) is 2.03. The van der Waals surface area contributed by atoms with Gasteiger partial charge >= 0.3 is 5.97 Å². The summed E-state index contributed by atoms with van der Waals surface area (Å²) in [7, 11) is 0. The molecule has 0 saturated carbocycles. The number of hydrogen-bond acceptors (Lipinski definition) is 4. The molecule has 5 nitrogen and oxygen atoms in total. The molecule has 1 unspecified atom stereocenters. The highest BCUT2D eigenvalue weighted by atomic mass is 79.9. The number of aromatic nitrogens is 1. The molecule has 1 aromatic carbocycles. The molecule has 7 heteroatoms. The third kappa shape index (κ3) is 4.27. The average molecular weight is 385 g/mol. The van der Waals surface area contributed by atoms with E-state index in [0.717, 1.165) is 19.7 Å². The number of hydrogen-bond donors (Lipinski definition) is 2. The van der Waals surface area contributed by atoms with Crippen LogP contribution >= 0.6 is 27.3 Å². The predicted molar refractivity (Wildman–Crippen MR) is 90.0 cm³/mol. The van der Waals surface area contributed by atoms with Crippen molar-refractivity contribution in [3.8, 4) is 0 Å². The highest BCUT2D eigenvalue weighted by molar-refractivity contribution is 9.10. The first kappa shape index (κ1) is 16.9. The molecule has 0 fully saturated rings. The molecule has 1 aromatic heterocycles. The Balaban J connectivity index is 1.96. The molecule has 0 spiro atoms. The SMILES string of the molecule is CC(C)C(NC(=O)CCc1nc2cc(Br)ccc2s1)C(=O)O. The Bertz CT molecular complexity index is 699. The van der Waals surface area contributed by atoms with Gasteiger partial charge in [-0.05, 0) is 24.1 Å². The van der Waals surface area contributed by atoms with E-state index in [0.29, 0.717) is 6.42 Å². The molecule has 1 heterocycles. The Labute approximate surface area is 140 Å². The van der Waals surface area contributed by atoms with E-state index in [4.69, 9.17) is 5.11 Å². The van der Waals surface area contributed by atoms with Gasteiger partial charge in [-0.15, -0.1) is 11.3 Å². The Hall–Kier alpha value is -1.47. The number of benzene rings is 1. The lowest BCUT2D eigenvalue weighted by molar-refractivity contribution is -0.143. The third-order valence-corrected chi connectivity index (χ3v) is 4.80. The lowest BCUT2D eigenvalue weighted by atomic mass is 10.0. The van der Waals surface area contributed by atoms with Crippen molar-refractivity contribution in [1.29, 1.82) is 0 Å². The molecule has 1 atom stereocenters. The van der Waals surface area contributed by atoms with Crippen LogP contribution in [0.1, 0.15) is 25.3 Å². The Morgan fingerprint density at radius 1 is 1.41 bits per heavy atom. The van der Waals surface area contributed by atoms with Gasteiger partial charge in [-0.1, -0.05) is 29.8 Å². The van der Waals surface area contributed by atoms with Crippen LogP contribution in [0.4, 0.5) is 0 Å². The van der Waals surface area contributed by atoms with Crippen LogP contribution in [-0.2, 0) is 16.0 Å². The summed E-state index contributed by atoms with van der Waals surface area (Å²) in [6.45, 7) is 3.54. The molecule has 0 radical (unpaired) electrons. The number of halogens is 1. The summed E-state index contributed by atoms with van der Waals surface area (Å²) < 4.78 is 2.04. The van der Waals surface area contributed by atoms with Crippen LogP contribution < -0.4 is 5.32 Å². The van der Waals surface area contributed by atoms with Crippen molar-refractivity contribution >= 4 is 49.4 Å². The van der Waals surface area contributed by atoms with Crippen LogP contribution in [0.15, 0.2) is 22.7 Å². The molecule has 0 aliphatic heterocycles. The summed E-state index contributed by atoms with van der Waals surface area (Å²) in [5.41, 5.74) is 0.903. The van der Waals surface area contributed by atoms with Crippen LogP contribution in [0.3, 0.4) is 0 Å². The van der Waals surface area contributed by atoms with Gasteiger partial charge in [0.05, 0.1) is 15.2 Å². The van der Waals surface area contributed by atoms with Crippen LogP contribution in [0.2, 0.25) is 0 Å². The molecule has 0 saturated heterocycles. The van der Waals surface area contributed by atoms with Gasteiger partial charge in [-0.3, -0.25) is 4.79 Å². The van der Waals surface area contributed by atoms with Crippen LogP contribution in [0, 0.1) is 5.92 Å². The van der Waals surface area contributed by atoms with Gasteiger partial charge in [0.25, 0.3) is 0 Å². The number of nitrogens with zero attached hydrogens (tertiary/aromatic N) is 1. The van der Waals surface area contributed by atoms with E-state index >= 15 is 0 Å². The number of amides is 1. The van der Waals surface area contributed by atoms with Gasteiger partial charge in [-0.2, -0.15) is 0 Å². The summed E-state index contributed by atoms with van der Waals surface area (Å²) in [5, 5.41) is 12.5. The zero-order valence-corrected chi connectivity index (χ0v) is 14.7. The van der Waals surface area contributed by atoms with Crippen molar-refractivity contribution in [2.24, 2.45) is 5.92 Å². The van der Waals surface area contributed by atoms with Crippen molar-refractivity contribution < 1.29 is 14.7 Å². The molecule has 2 aromatic rings. The Kier molecular flexibility index (Phi) is 5.52. The van der Waals surface area contributed by atoms with Crippen molar-refractivity contribution in [2.45, 2.75) is 32.7 Å². The topological polar surface area (TPSA) is 79.3 Å². The summed E-state index contributed by atoms with van der Waals surface area (Å²) in [6.07, 6.45) is 0.741. The van der Waals surface area contributed by atoms with Crippen LogP contribution in [-0.4, -0.2) is 28.0 Å². The number of aryl methyl sites for hydroxylation is 1. The largest absolute Gasteiger partial charge is 0.480 e. The van der Waals surface area contributed by atoms with E-state index in [9.17, 15) is 9.59 Å². The van der Waals surface area contributed by atoms with E-state index in [1.807, 2.05) is 18.2 Å². The van der Waals surface area contributed by atoms with Crippen molar-refractivity contribution in [3.05, 3.63) is 27.7 Å². The van der Waals surface area contributed by atoms with Crippen LogP contribution in [0.5, 0.6) is 0 Å². The van der Waals surface area contributed by atoms with E-state index in [1.165, 1.54) is 0 Å². The van der Waals surface area contributed by atoms with Gasteiger partial charge in [0.2, 0.25) is 5.91 Å². The van der Waals surface area contributed by atoms with Gasteiger partial charge in [0, 0.05) is 17.3 Å². The minimum absolute atomic E-state index is 0.152. The molecule has 0 bridgehead atoms. The number of carboxylic acid groups (broad SMARTS) is 1. The van der Waals surface area contributed by atoms with Crippen molar-refractivity contribution in [3.63, 3.8) is 0 Å². The highest BCUT2D eigenvalue weighted by Crippen LogP contribution is 2.25. The molecule has 118 valence electrons. The van der Waals surface area contributed by atoms with Gasteiger partial charge in [0.1, 0.15) is 6.04 Å². The lowest BCUT2D eigenvalue weighted by Gasteiger charge is -2.17. The molecule has 2 rings (SSSR count). The highest BCUT2D eigenvalue weighted by Gasteiger charge is 2.23. The molecular formula is C15H17BrN2O3S. The summed E-state index contributed by atoms with van der Waals surface area (Å²) >= 11 is 4.95. The number of aliphatic carboxylic acids is 1. The second-order valence-electron chi connectivity index (χ2n) is 5.35. The number of fused-ring (bicyclic) bond motifs is 1. The second-order valence-corrected chi connectivity index (χ2v) is 7.38. The molecule has 0 aliphatic rings. The predicted octanol–water partition coefficient (Wildman–Crippen LogP) is 3.22. The van der Waals surface area contributed by atoms with E-state index < -0.39 is 12.0 Å². The molecule has 2 N–H and O–H groups in total. The molecule has 1 amide bonds. The van der Waals surface area contributed by atoms with Gasteiger partial charge in [-0.25, -0.2) is 9.78 Å². The third-order valence-electron chi connectivity index (χ3n) is 3.21. The number of carbonyl (C=O) groups excluding carboxylic acids is 1. The van der Waals surface area contributed by atoms with Gasteiger partial charge < -0.3 is 10.4 Å². The standard InChI is InChI=1S/C15H17BrN2O3S/c1-8(2)14(15(20)21)18-12(19)5-6-13-17-10-7-9(16)3-4-11(10)22-13/h3-4,7-8,14H,5-6H2,1-2H3,(H,18,19)(H,20,21). The molecular weight excluding hydrogens is 368 g/mol. The van der Waals surface area contributed by atoms with E-state index in [-0.39, 0.29) is 18.2 Å². The van der Waals surface area contributed by atoms with E-state index in [1.54, 1.807) is 25.2 Å². The monoisotopic (exact) mass is 384 g/mol. The minimum Gasteiger partial charge on any atom is -0.480 e. The average Bonchev–Trinajstić information content (AvgIpc) is 2.83. The number of rotatable bonds is 6. The summed E-state index contributed by atoms with van der Waals surface area (Å²) in [4.78, 5) is 27.5. The second kappa shape index (κ2) is 7.19. The Morgan fingerprint density at radius 3 is 2.77 bits per heavy atom. The molecule has 0 aliphatic carbocycles. The summed E-state index contributed by atoms with van der Waals surface area (Å²) in [5.74, 6) is -1.42. The number of nitrogens with one attached hydrogen (secondary N) is 1. The lowest BCUT2D eigenvalue weighted by Crippen LogP contribution is -2.44. The molecule has 22 heavy (non-hydrogen) atoms. The fraction of sp³-hybridized carbons (Fsp3) is 0.400. The van der Waals surface area contributed by atoms with Gasteiger partial charge in [0.15, 0.2) is 0 Å². The smallest absolute Gasteiger partial charge is 0.326 e.